The molecule has 1 aliphatic rings. The Morgan fingerprint density at radius 2 is 2.31 bits per heavy atom. The predicted octanol–water partition coefficient (Wildman–Crippen LogP) is 0.0867. The predicted molar refractivity (Wildman–Crippen MR) is 48.7 cm³/mol. The van der Waals surface area contributed by atoms with Crippen molar-refractivity contribution in [2.24, 2.45) is 5.73 Å². The smallest absolute Gasteiger partial charge is 0.247 e. The highest BCUT2D eigenvalue weighted by molar-refractivity contribution is 5.96. The zero-order valence-corrected chi connectivity index (χ0v) is 7.67. The molecule has 1 aliphatic carbocycles. The van der Waals surface area contributed by atoms with Crippen LogP contribution in [0.3, 0.4) is 0 Å². The van der Waals surface area contributed by atoms with Crippen LogP contribution in [0.1, 0.15) is 26.2 Å². The molecule has 0 saturated carbocycles. The summed E-state index contributed by atoms with van der Waals surface area (Å²) < 4.78 is 0. The van der Waals surface area contributed by atoms with E-state index in [-0.39, 0.29) is 5.91 Å². The van der Waals surface area contributed by atoms with Gasteiger partial charge in [0.1, 0.15) is 6.04 Å². The third-order valence-corrected chi connectivity index (χ3v) is 2.11. The minimum atomic E-state index is -0.589. The Balaban J connectivity index is 2.45. The molecule has 2 amide bonds. The van der Waals surface area contributed by atoms with Crippen molar-refractivity contribution >= 4 is 11.8 Å². The second kappa shape index (κ2) is 4.07. The minimum absolute atomic E-state index is 0.163. The molecule has 72 valence electrons. The normalized spacial score (nSPS) is 17.8. The third kappa shape index (κ3) is 2.57. The number of allylic oxidation sites excluding steroid dienone is 1. The van der Waals surface area contributed by atoms with Crippen molar-refractivity contribution in [2.45, 2.75) is 32.2 Å². The Kier molecular flexibility index (Phi) is 3.06. The molecule has 1 rings (SSSR count). The molecule has 0 saturated heterocycles. The number of primary amides is 1. The van der Waals surface area contributed by atoms with E-state index in [0.717, 1.165) is 24.8 Å². The van der Waals surface area contributed by atoms with Crippen LogP contribution in [0.5, 0.6) is 0 Å². The largest absolute Gasteiger partial charge is 0.368 e. The second-order valence-electron chi connectivity index (χ2n) is 3.22. The lowest BCUT2D eigenvalue weighted by atomic mass is 10.2. The first-order chi connectivity index (χ1) is 6.11. The van der Waals surface area contributed by atoms with Crippen LogP contribution in [0.2, 0.25) is 0 Å². The lowest BCUT2D eigenvalue weighted by molar-refractivity contribution is -0.125. The SMILES string of the molecule is C[C@H](NC(=O)C1=CCCC1)C(N)=O. The Bertz CT molecular complexity index is 258. The highest BCUT2D eigenvalue weighted by atomic mass is 16.2. The van der Waals surface area contributed by atoms with Crippen molar-refractivity contribution in [3.05, 3.63) is 11.6 Å². The number of rotatable bonds is 3. The second-order valence-corrected chi connectivity index (χ2v) is 3.22. The summed E-state index contributed by atoms with van der Waals surface area (Å²) in [6, 6.07) is -0.589. The van der Waals surface area contributed by atoms with Crippen molar-refractivity contribution < 1.29 is 9.59 Å². The summed E-state index contributed by atoms with van der Waals surface area (Å²) in [5.41, 5.74) is 5.78. The zero-order valence-electron chi connectivity index (χ0n) is 7.67. The van der Waals surface area contributed by atoms with Crippen LogP contribution < -0.4 is 11.1 Å². The third-order valence-electron chi connectivity index (χ3n) is 2.11. The van der Waals surface area contributed by atoms with Gasteiger partial charge < -0.3 is 11.1 Å². The molecular weight excluding hydrogens is 168 g/mol. The highest BCUT2D eigenvalue weighted by Gasteiger charge is 2.17. The van der Waals surface area contributed by atoms with Gasteiger partial charge in [-0.15, -0.1) is 0 Å². The summed E-state index contributed by atoms with van der Waals surface area (Å²) in [5, 5.41) is 2.54. The van der Waals surface area contributed by atoms with Gasteiger partial charge in [0.25, 0.3) is 0 Å². The maximum absolute atomic E-state index is 11.4. The number of carbonyl (C=O) groups is 2. The molecule has 0 aromatic rings. The molecule has 4 heteroatoms. The van der Waals surface area contributed by atoms with Crippen molar-refractivity contribution in [3.8, 4) is 0 Å². The van der Waals surface area contributed by atoms with E-state index in [1.165, 1.54) is 0 Å². The lowest BCUT2D eigenvalue weighted by Gasteiger charge is -2.10. The fraction of sp³-hybridized carbons (Fsp3) is 0.556. The van der Waals surface area contributed by atoms with Gasteiger partial charge in [0.2, 0.25) is 11.8 Å². The number of amides is 2. The zero-order chi connectivity index (χ0) is 9.84. The topological polar surface area (TPSA) is 72.2 Å². The van der Waals surface area contributed by atoms with Crippen molar-refractivity contribution in [1.82, 2.24) is 5.32 Å². The van der Waals surface area contributed by atoms with E-state index in [0.29, 0.717) is 0 Å². The molecule has 0 radical (unpaired) electrons. The van der Waals surface area contributed by atoms with E-state index >= 15 is 0 Å². The average molecular weight is 182 g/mol. The van der Waals surface area contributed by atoms with Crippen LogP contribution in [0.4, 0.5) is 0 Å². The first-order valence-corrected chi connectivity index (χ1v) is 4.40. The van der Waals surface area contributed by atoms with E-state index in [2.05, 4.69) is 5.32 Å². The summed E-state index contributed by atoms with van der Waals surface area (Å²) in [5.74, 6) is -0.671. The van der Waals surface area contributed by atoms with Crippen molar-refractivity contribution in [1.29, 1.82) is 0 Å². The highest BCUT2D eigenvalue weighted by Crippen LogP contribution is 2.17. The van der Waals surface area contributed by atoms with Crippen molar-refractivity contribution in [3.63, 3.8) is 0 Å². The summed E-state index contributed by atoms with van der Waals surface area (Å²) in [7, 11) is 0. The van der Waals surface area contributed by atoms with Gasteiger partial charge in [-0.2, -0.15) is 0 Å². The number of carbonyl (C=O) groups excluding carboxylic acids is 2. The van der Waals surface area contributed by atoms with Crippen LogP contribution in [-0.2, 0) is 9.59 Å². The van der Waals surface area contributed by atoms with Gasteiger partial charge in [0.15, 0.2) is 0 Å². The Hall–Kier alpha value is -1.32. The lowest BCUT2D eigenvalue weighted by Crippen LogP contribution is -2.42. The summed E-state index contributed by atoms with van der Waals surface area (Å²) in [6.45, 7) is 1.58. The molecule has 0 heterocycles. The maximum Gasteiger partial charge on any atom is 0.247 e. The Morgan fingerprint density at radius 1 is 1.62 bits per heavy atom. The maximum atomic E-state index is 11.4. The standard InChI is InChI=1S/C9H14N2O2/c1-6(8(10)12)11-9(13)7-4-2-3-5-7/h4,6H,2-3,5H2,1H3,(H2,10,12)(H,11,13)/t6-/m0/s1. The molecule has 0 aromatic heterocycles. The first-order valence-electron chi connectivity index (χ1n) is 4.40. The molecule has 13 heavy (non-hydrogen) atoms. The molecule has 0 fully saturated rings. The summed E-state index contributed by atoms with van der Waals surface area (Å²) >= 11 is 0. The Labute approximate surface area is 77.2 Å². The molecule has 0 unspecified atom stereocenters. The van der Waals surface area contributed by atoms with Crippen LogP contribution in [0.25, 0.3) is 0 Å². The van der Waals surface area contributed by atoms with Crippen LogP contribution >= 0.6 is 0 Å². The van der Waals surface area contributed by atoms with Gasteiger partial charge in [-0.05, 0) is 26.2 Å². The molecule has 0 bridgehead atoms. The fourth-order valence-electron chi connectivity index (χ4n) is 1.24. The quantitative estimate of drug-likeness (QED) is 0.649. The van der Waals surface area contributed by atoms with Gasteiger partial charge in [-0.25, -0.2) is 0 Å². The number of hydrogen-bond acceptors (Lipinski definition) is 2. The molecule has 3 N–H and O–H groups in total. The van der Waals surface area contributed by atoms with E-state index in [9.17, 15) is 9.59 Å². The number of hydrogen-bond donors (Lipinski definition) is 2. The molecule has 0 spiro atoms. The Morgan fingerprint density at radius 3 is 2.77 bits per heavy atom. The van der Waals surface area contributed by atoms with Gasteiger partial charge in [-0.1, -0.05) is 6.08 Å². The number of nitrogens with two attached hydrogens (primary N) is 1. The van der Waals surface area contributed by atoms with E-state index in [4.69, 9.17) is 5.73 Å². The van der Waals surface area contributed by atoms with Crippen molar-refractivity contribution in [2.75, 3.05) is 0 Å². The van der Waals surface area contributed by atoms with E-state index in [1.54, 1.807) is 6.92 Å². The van der Waals surface area contributed by atoms with E-state index < -0.39 is 11.9 Å². The monoisotopic (exact) mass is 182 g/mol. The summed E-state index contributed by atoms with van der Waals surface area (Å²) in [6.07, 6.45) is 4.68. The van der Waals surface area contributed by atoms with Gasteiger partial charge in [0.05, 0.1) is 0 Å². The first kappa shape index (κ1) is 9.77. The minimum Gasteiger partial charge on any atom is -0.368 e. The average Bonchev–Trinajstić information content (AvgIpc) is 2.55. The summed E-state index contributed by atoms with van der Waals surface area (Å²) in [4.78, 5) is 22.0. The van der Waals surface area contributed by atoms with Crippen LogP contribution in [0.15, 0.2) is 11.6 Å². The molecule has 4 nitrogen and oxygen atoms in total. The molecule has 1 atom stereocenters. The van der Waals surface area contributed by atoms with E-state index in [1.807, 2.05) is 6.08 Å². The molecule has 0 aliphatic heterocycles. The molecule has 0 aromatic carbocycles. The molecular formula is C9H14N2O2. The number of nitrogens with one attached hydrogen (secondary N) is 1. The van der Waals surface area contributed by atoms with Gasteiger partial charge >= 0.3 is 0 Å². The fourth-order valence-corrected chi connectivity index (χ4v) is 1.24. The van der Waals surface area contributed by atoms with Gasteiger partial charge in [0, 0.05) is 5.57 Å². The van der Waals surface area contributed by atoms with Crippen LogP contribution in [0, 0.1) is 0 Å². The van der Waals surface area contributed by atoms with Crippen LogP contribution in [-0.4, -0.2) is 17.9 Å². The van der Waals surface area contributed by atoms with Gasteiger partial charge in [-0.3, -0.25) is 9.59 Å².